The fraction of sp³-hybridized carbons (Fsp3) is 0.296. The van der Waals surface area contributed by atoms with Crippen LogP contribution in [0.1, 0.15) is 36.1 Å². The van der Waals surface area contributed by atoms with Gasteiger partial charge in [-0.2, -0.15) is 0 Å². The van der Waals surface area contributed by atoms with Gasteiger partial charge >= 0.3 is 5.97 Å². The molecule has 1 amide bonds. The number of aryl methyl sites for hydroxylation is 2. The van der Waals surface area contributed by atoms with Gasteiger partial charge < -0.3 is 19.7 Å². The van der Waals surface area contributed by atoms with Crippen molar-refractivity contribution < 1.29 is 19.1 Å². The quantitative estimate of drug-likeness (QED) is 0.409. The summed E-state index contributed by atoms with van der Waals surface area (Å²) < 4.78 is 10.5. The maximum Gasteiger partial charge on any atom is 0.338 e. The minimum absolute atomic E-state index is 0.135. The van der Waals surface area contributed by atoms with E-state index < -0.39 is 12.0 Å². The molecule has 2 aromatic carbocycles. The number of ether oxygens (including phenoxy) is 2. The number of carbonyl (C=O) groups is 2. The predicted octanol–water partition coefficient (Wildman–Crippen LogP) is 5.10. The molecule has 4 rings (SSSR count). The molecule has 1 unspecified atom stereocenters. The normalized spacial score (nSPS) is 17.0. The van der Waals surface area contributed by atoms with E-state index in [0.717, 1.165) is 27.7 Å². The minimum atomic E-state index is -0.450. The lowest BCUT2D eigenvalue weighted by molar-refractivity contribution is -0.141. The molecule has 0 saturated heterocycles. The first kappa shape index (κ1) is 24.8. The van der Waals surface area contributed by atoms with Crippen LogP contribution >= 0.6 is 11.8 Å². The third-order valence-corrected chi connectivity index (χ3v) is 6.88. The summed E-state index contributed by atoms with van der Waals surface area (Å²) in [5.41, 5.74) is 5.80. The zero-order valence-corrected chi connectivity index (χ0v) is 21.1. The Bertz CT molecular complexity index is 1220. The number of nitrogens with zero attached hydrogens (tertiary/aromatic N) is 2. The summed E-state index contributed by atoms with van der Waals surface area (Å²) in [5, 5.41) is 5.66. The molecule has 1 atom stereocenters. The number of hydrogen-bond acceptors (Lipinski definition) is 7. The van der Waals surface area contributed by atoms with Crippen molar-refractivity contribution >= 4 is 34.5 Å². The van der Waals surface area contributed by atoms with Gasteiger partial charge in [0.05, 0.1) is 30.3 Å². The number of thioether (sulfide) groups is 1. The molecule has 0 radical (unpaired) electrons. The molecule has 2 aliphatic rings. The number of aliphatic imine (C=N–C) groups is 1. The van der Waals surface area contributed by atoms with Crippen LogP contribution in [0, 0.1) is 13.8 Å². The molecular formula is C27H29N3O4S. The summed E-state index contributed by atoms with van der Waals surface area (Å²) in [6.07, 6.45) is 0.146. The highest BCUT2D eigenvalue weighted by atomic mass is 32.2. The van der Waals surface area contributed by atoms with E-state index in [-0.39, 0.29) is 18.9 Å². The van der Waals surface area contributed by atoms with Crippen LogP contribution in [0.25, 0.3) is 0 Å². The van der Waals surface area contributed by atoms with E-state index in [2.05, 4.69) is 10.3 Å². The molecular weight excluding hydrogens is 462 g/mol. The lowest BCUT2D eigenvalue weighted by atomic mass is 9.94. The van der Waals surface area contributed by atoms with Gasteiger partial charge in [0.2, 0.25) is 5.91 Å². The summed E-state index contributed by atoms with van der Waals surface area (Å²) >= 11 is 1.45. The molecule has 1 N–H and O–H groups in total. The number of hydrogen-bond donors (Lipinski definition) is 1. The van der Waals surface area contributed by atoms with Crippen molar-refractivity contribution in [2.45, 2.75) is 33.2 Å². The zero-order chi connectivity index (χ0) is 24.9. The molecule has 2 aromatic rings. The maximum absolute atomic E-state index is 13.1. The summed E-state index contributed by atoms with van der Waals surface area (Å²) in [7, 11) is 1.56. The average Bonchev–Trinajstić information content (AvgIpc) is 3.22. The third kappa shape index (κ3) is 5.49. The molecule has 8 heteroatoms. The number of nitrogens with one attached hydrogen (secondary N) is 1. The Labute approximate surface area is 209 Å². The van der Waals surface area contributed by atoms with Gasteiger partial charge in [0.25, 0.3) is 0 Å². The largest absolute Gasteiger partial charge is 0.460 e. The summed E-state index contributed by atoms with van der Waals surface area (Å²) in [5.74, 6) is -0.573. The topological polar surface area (TPSA) is 80.2 Å². The molecule has 2 heterocycles. The van der Waals surface area contributed by atoms with Crippen LogP contribution in [-0.2, 0) is 19.1 Å². The first-order valence-electron chi connectivity index (χ1n) is 11.4. The van der Waals surface area contributed by atoms with E-state index in [0.29, 0.717) is 17.9 Å². The molecule has 182 valence electrons. The first-order valence-corrected chi connectivity index (χ1v) is 12.3. The zero-order valence-electron chi connectivity index (χ0n) is 20.3. The number of amides is 1. The third-order valence-electron chi connectivity index (χ3n) is 5.99. The fourth-order valence-corrected chi connectivity index (χ4v) is 5.03. The van der Waals surface area contributed by atoms with E-state index in [1.54, 1.807) is 7.11 Å². The molecule has 7 nitrogen and oxygen atoms in total. The molecule has 2 aliphatic heterocycles. The second-order valence-corrected chi connectivity index (χ2v) is 9.29. The van der Waals surface area contributed by atoms with Crippen LogP contribution in [0.5, 0.6) is 0 Å². The van der Waals surface area contributed by atoms with Crippen LogP contribution in [0.3, 0.4) is 0 Å². The van der Waals surface area contributed by atoms with Crippen molar-refractivity contribution in [3.05, 3.63) is 87.6 Å². The van der Waals surface area contributed by atoms with Crippen LogP contribution in [-0.4, -0.2) is 42.3 Å². The number of benzene rings is 2. The lowest BCUT2D eigenvalue weighted by Crippen LogP contribution is -2.37. The lowest BCUT2D eigenvalue weighted by Gasteiger charge is -2.36. The van der Waals surface area contributed by atoms with Gasteiger partial charge in [-0.15, -0.1) is 0 Å². The Morgan fingerprint density at radius 3 is 2.54 bits per heavy atom. The van der Waals surface area contributed by atoms with Crippen molar-refractivity contribution in [1.29, 1.82) is 0 Å². The van der Waals surface area contributed by atoms with Crippen molar-refractivity contribution in [3.63, 3.8) is 0 Å². The van der Waals surface area contributed by atoms with E-state index in [1.165, 1.54) is 17.3 Å². The number of rotatable bonds is 8. The van der Waals surface area contributed by atoms with Gasteiger partial charge in [-0.1, -0.05) is 48.2 Å². The van der Waals surface area contributed by atoms with E-state index >= 15 is 0 Å². The number of methoxy groups -OCH3 is 1. The number of amidine groups is 1. The molecule has 0 aromatic heterocycles. The SMILES string of the molecule is COCCOC(=O)C1=C(C)N=C2SC=C(CC(=O)Nc3ccc(C)c(C)c3)N2C1c1ccccc1. The molecule has 0 fully saturated rings. The summed E-state index contributed by atoms with van der Waals surface area (Å²) in [4.78, 5) is 32.8. The minimum Gasteiger partial charge on any atom is -0.460 e. The number of allylic oxidation sites excluding steroid dienone is 1. The Morgan fingerprint density at radius 1 is 1.06 bits per heavy atom. The highest BCUT2D eigenvalue weighted by Crippen LogP contribution is 2.44. The number of carbonyl (C=O) groups excluding carboxylic acids is 2. The van der Waals surface area contributed by atoms with Crippen LogP contribution < -0.4 is 5.32 Å². The monoisotopic (exact) mass is 491 g/mol. The van der Waals surface area contributed by atoms with Crippen LogP contribution in [0.2, 0.25) is 0 Å². The number of fused-ring (bicyclic) bond motifs is 1. The van der Waals surface area contributed by atoms with Crippen molar-refractivity contribution in [2.24, 2.45) is 4.99 Å². The second kappa shape index (κ2) is 10.9. The second-order valence-electron chi connectivity index (χ2n) is 8.46. The standard InChI is InChI=1S/C27H29N3O4S/c1-17-10-11-21(14-18(17)2)29-23(31)15-22-16-35-27-28-19(3)24(26(32)34-13-12-33-4)25(30(22)27)20-8-6-5-7-9-20/h5-11,14,16,25H,12-13,15H2,1-4H3,(H,29,31). The highest BCUT2D eigenvalue weighted by Gasteiger charge is 2.41. The fourth-order valence-electron chi connectivity index (χ4n) is 4.07. The molecule has 35 heavy (non-hydrogen) atoms. The first-order chi connectivity index (χ1) is 16.9. The van der Waals surface area contributed by atoms with E-state index in [9.17, 15) is 9.59 Å². The van der Waals surface area contributed by atoms with Gasteiger partial charge in [-0.25, -0.2) is 9.79 Å². The number of anilines is 1. The Balaban J connectivity index is 1.61. The molecule has 0 spiro atoms. The van der Waals surface area contributed by atoms with Gasteiger partial charge in [-0.3, -0.25) is 4.79 Å². The summed E-state index contributed by atoms with van der Waals surface area (Å²) in [6.45, 7) is 6.34. The summed E-state index contributed by atoms with van der Waals surface area (Å²) in [6, 6.07) is 15.1. The Morgan fingerprint density at radius 2 is 1.83 bits per heavy atom. The number of esters is 1. The van der Waals surface area contributed by atoms with Crippen molar-refractivity contribution in [1.82, 2.24) is 4.90 Å². The molecule has 0 saturated carbocycles. The van der Waals surface area contributed by atoms with Gasteiger partial charge in [0.15, 0.2) is 5.17 Å². The van der Waals surface area contributed by atoms with E-state index in [1.807, 2.05) is 79.6 Å². The maximum atomic E-state index is 13.1. The van der Waals surface area contributed by atoms with Crippen LogP contribution in [0.4, 0.5) is 5.69 Å². The molecule has 0 bridgehead atoms. The highest BCUT2D eigenvalue weighted by molar-refractivity contribution is 8.16. The van der Waals surface area contributed by atoms with Gasteiger partial charge in [-0.05, 0) is 55.0 Å². The van der Waals surface area contributed by atoms with Crippen molar-refractivity contribution in [2.75, 3.05) is 25.6 Å². The van der Waals surface area contributed by atoms with Gasteiger partial charge in [0.1, 0.15) is 6.61 Å². The predicted molar refractivity (Wildman–Crippen MR) is 139 cm³/mol. The Hall–Kier alpha value is -3.36. The van der Waals surface area contributed by atoms with E-state index in [4.69, 9.17) is 9.47 Å². The van der Waals surface area contributed by atoms with Crippen molar-refractivity contribution in [3.8, 4) is 0 Å². The Kier molecular flexibility index (Phi) is 7.73. The average molecular weight is 492 g/mol. The van der Waals surface area contributed by atoms with Gasteiger partial charge in [0, 0.05) is 18.5 Å². The van der Waals surface area contributed by atoms with Crippen LogP contribution in [0.15, 0.2) is 75.9 Å². The smallest absolute Gasteiger partial charge is 0.338 e. The molecule has 0 aliphatic carbocycles.